The molecule has 1 aromatic carbocycles. The van der Waals surface area contributed by atoms with Crippen molar-refractivity contribution in [2.75, 3.05) is 0 Å². The van der Waals surface area contributed by atoms with Crippen LogP contribution in [0.3, 0.4) is 0 Å². The number of benzene rings is 1. The van der Waals surface area contributed by atoms with Crippen molar-refractivity contribution in [3.05, 3.63) is 52.8 Å². The molecule has 0 aliphatic rings. The van der Waals surface area contributed by atoms with Gasteiger partial charge in [0.15, 0.2) is 0 Å². The third kappa shape index (κ3) is 4.38. The lowest BCUT2D eigenvalue weighted by Crippen LogP contribution is -2.24. The van der Waals surface area contributed by atoms with E-state index in [-0.39, 0.29) is 18.9 Å². The van der Waals surface area contributed by atoms with Gasteiger partial charge in [-0.25, -0.2) is 13.1 Å². The molecule has 6 nitrogen and oxygen atoms in total. The number of aryl methyl sites for hydroxylation is 2. The van der Waals surface area contributed by atoms with E-state index in [4.69, 9.17) is 5.11 Å². The zero-order valence-electron chi connectivity index (χ0n) is 12.1. The number of sulfonamides is 1. The van der Waals surface area contributed by atoms with Gasteiger partial charge in [-0.3, -0.25) is 4.68 Å². The lowest BCUT2D eigenvalue weighted by Gasteiger charge is -2.07. The van der Waals surface area contributed by atoms with Crippen LogP contribution in [0.4, 0.5) is 0 Å². The Hall–Kier alpha value is -1.70. The molecular weight excluding hydrogens is 290 g/mol. The number of aliphatic hydroxyl groups is 1. The summed E-state index contributed by atoms with van der Waals surface area (Å²) in [5, 5.41) is 13.1. The van der Waals surface area contributed by atoms with Crippen LogP contribution >= 0.6 is 0 Å². The Balaban J connectivity index is 1.99. The minimum Gasteiger partial charge on any atom is -0.392 e. The van der Waals surface area contributed by atoms with Crippen molar-refractivity contribution >= 4 is 10.0 Å². The molecule has 2 N–H and O–H groups in total. The van der Waals surface area contributed by atoms with Gasteiger partial charge in [0.2, 0.25) is 10.0 Å². The van der Waals surface area contributed by atoms with E-state index >= 15 is 0 Å². The van der Waals surface area contributed by atoms with Crippen molar-refractivity contribution in [3.63, 3.8) is 0 Å². The second kappa shape index (κ2) is 6.38. The Bertz CT molecular complexity index is 706. The second-order valence-corrected chi connectivity index (χ2v) is 6.78. The maximum atomic E-state index is 12.1. The molecule has 0 bridgehead atoms. The summed E-state index contributed by atoms with van der Waals surface area (Å²) in [6.45, 7) is 2.03. The summed E-state index contributed by atoms with van der Waals surface area (Å²) in [5.41, 5.74) is 3.11. The average molecular weight is 309 g/mol. The van der Waals surface area contributed by atoms with E-state index in [2.05, 4.69) is 9.82 Å². The maximum absolute atomic E-state index is 12.1. The van der Waals surface area contributed by atoms with Crippen LogP contribution in [-0.2, 0) is 36.0 Å². The van der Waals surface area contributed by atoms with Gasteiger partial charge >= 0.3 is 0 Å². The fraction of sp³-hybridized carbons (Fsp3) is 0.357. The van der Waals surface area contributed by atoms with Crippen LogP contribution < -0.4 is 4.72 Å². The lowest BCUT2D eigenvalue weighted by atomic mass is 10.2. The van der Waals surface area contributed by atoms with E-state index in [1.165, 1.54) is 0 Å². The molecule has 0 radical (unpaired) electrons. The summed E-state index contributed by atoms with van der Waals surface area (Å²) in [6, 6.07) is 6.85. The first-order chi connectivity index (χ1) is 9.89. The van der Waals surface area contributed by atoms with Gasteiger partial charge in [-0.15, -0.1) is 0 Å². The normalized spacial score (nSPS) is 11.8. The molecule has 114 valence electrons. The number of aromatic nitrogens is 2. The minimum atomic E-state index is -3.41. The molecule has 2 rings (SSSR count). The maximum Gasteiger partial charge on any atom is 0.216 e. The third-order valence-electron chi connectivity index (χ3n) is 3.16. The number of rotatable bonds is 6. The minimum absolute atomic E-state index is 0.0500. The first-order valence-electron chi connectivity index (χ1n) is 6.55. The molecule has 0 spiro atoms. The zero-order valence-corrected chi connectivity index (χ0v) is 12.9. The largest absolute Gasteiger partial charge is 0.392 e. The third-order valence-corrected chi connectivity index (χ3v) is 4.46. The topological polar surface area (TPSA) is 84.2 Å². The Labute approximate surface area is 124 Å². The van der Waals surface area contributed by atoms with Crippen molar-refractivity contribution in [3.8, 4) is 0 Å². The van der Waals surface area contributed by atoms with Gasteiger partial charge in [0.05, 0.1) is 18.1 Å². The fourth-order valence-electron chi connectivity index (χ4n) is 2.02. The van der Waals surface area contributed by atoms with Crippen LogP contribution in [0, 0.1) is 6.92 Å². The van der Waals surface area contributed by atoms with Crippen LogP contribution in [0.1, 0.15) is 22.4 Å². The monoisotopic (exact) mass is 309 g/mol. The molecule has 0 saturated carbocycles. The van der Waals surface area contributed by atoms with Crippen LogP contribution in [-0.4, -0.2) is 23.3 Å². The average Bonchev–Trinajstić information content (AvgIpc) is 2.75. The van der Waals surface area contributed by atoms with E-state index in [1.807, 2.05) is 6.92 Å². The molecule has 21 heavy (non-hydrogen) atoms. The Kier molecular flexibility index (Phi) is 4.76. The van der Waals surface area contributed by atoms with Crippen molar-refractivity contribution in [1.82, 2.24) is 14.5 Å². The van der Waals surface area contributed by atoms with Crippen molar-refractivity contribution in [2.24, 2.45) is 7.05 Å². The van der Waals surface area contributed by atoms with Gasteiger partial charge < -0.3 is 5.11 Å². The van der Waals surface area contributed by atoms with E-state index in [0.29, 0.717) is 5.56 Å². The summed E-state index contributed by atoms with van der Waals surface area (Å²) in [4.78, 5) is 0. The van der Waals surface area contributed by atoms with Gasteiger partial charge in [0.25, 0.3) is 0 Å². The molecule has 1 heterocycles. The predicted molar refractivity (Wildman–Crippen MR) is 79.8 cm³/mol. The first kappa shape index (κ1) is 15.7. The highest BCUT2D eigenvalue weighted by atomic mass is 32.2. The zero-order chi connectivity index (χ0) is 15.5. The van der Waals surface area contributed by atoms with Crippen LogP contribution in [0.2, 0.25) is 0 Å². The number of hydrogen-bond donors (Lipinski definition) is 2. The highest BCUT2D eigenvalue weighted by Gasteiger charge is 2.13. The highest BCUT2D eigenvalue weighted by molar-refractivity contribution is 7.88. The SMILES string of the molecule is Cc1nn(C)cc1CNS(=O)(=O)Cc1ccc(CO)cc1. The molecule has 2 aromatic rings. The van der Waals surface area contributed by atoms with Crippen molar-refractivity contribution < 1.29 is 13.5 Å². The molecule has 0 fully saturated rings. The Morgan fingerprint density at radius 1 is 1.24 bits per heavy atom. The summed E-state index contributed by atoms with van der Waals surface area (Å²) >= 11 is 0. The quantitative estimate of drug-likeness (QED) is 0.828. The van der Waals surface area contributed by atoms with E-state index in [0.717, 1.165) is 16.8 Å². The van der Waals surface area contributed by atoms with Crippen LogP contribution in [0.15, 0.2) is 30.5 Å². The van der Waals surface area contributed by atoms with E-state index < -0.39 is 10.0 Å². The standard InChI is InChI=1S/C14H19N3O3S/c1-11-14(8-17(2)16-11)7-15-21(19,20)10-13-5-3-12(9-18)4-6-13/h3-6,8,15,18H,7,9-10H2,1-2H3. The summed E-state index contributed by atoms with van der Waals surface area (Å²) < 4.78 is 28.4. The van der Waals surface area contributed by atoms with E-state index in [1.54, 1.807) is 42.2 Å². The second-order valence-electron chi connectivity index (χ2n) is 4.97. The number of nitrogens with one attached hydrogen (secondary N) is 1. The number of aliphatic hydroxyl groups excluding tert-OH is 1. The fourth-order valence-corrected chi connectivity index (χ4v) is 3.13. The molecule has 0 aliphatic carbocycles. The molecule has 1 aromatic heterocycles. The molecule has 0 amide bonds. The van der Waals surface area contributed by atoms with Gasteiger partial charge in [-0.2, -0.15) is 5.10 Å². The van der Waals surface area contributed by atoms with Crippen molar-refractivity contribution in [1.29, 1.82) is 0 Å². The van der Waals surface area contributed by atoms with Crippen LogP contribution in [0.5, 0.6) is 0 Å². The highest BCUT2D eigenvalue weighted by Crippen LogP contribution is 2.09. The van der Waals surface area contributed by atoms with E-state index in [9.17, 15) is 8.42 Å². The van der Waals surface area contributed by atoms with Crippen molar-refractivity contribution in [2.45, 2.75) is 25.8 Å². The number of hydrogen-bond acceptors (Lipinski definition) is 4. The van der Waals surface area contributed by atoms with Crippen LogP contribution in [0.25, 0.3) is 0 Å². The van der Waals surface area contributed by atoms with Gasteiger partial charge in [-0.1, -0.05) is 24.3 Å². The molecule has 7 heteroatoms. The smallest absolute Gasteiger partial charge is 0.216 e. The van der Waals surface area contributed by atoms with Gasteiger partial charge in [-0.05, 0) is 18.1 Å². The van der Waals surface area contributed by atoms with Gasteiger partial charge in [0, 0.05) is 25.4 Å². The molecule has 0 saturated heterocycles. The first-order valence-corrected chi connectivity index (χ1v) is 8.20. The summed E-state index contributed by atoms with van der Waals surface area (Å²) in [7, 11) is -1.61. The molecular formula is C14H19N3O3S. The Morgan fingerprint density at radius 2 is 1.86 bits per heavy atom. The predicted octanol–water partition coefficient (Wildman–Crippen LogP) is 0.840. The lowest BCUT2D eigenvalue weighted by molar-refractivity contribution is 0.282. The molecule has 0 unspecified atom stereocenters. The number of nitrogens with zero attached hydrogens (tertiary/aromatic N) is 2. The van der Waals surface area contributed by atoms with Gasteiger partial charge in [0.1, 0.15) is 0 Å². The summed E-state index contributed by atoms with van der Waals surface area (Å²) in [6.07, 6.45) is 1.80. The molecule has 0 aliphatic heterocycles. The summed E-state index contributed by atoms with van der Waals surface area (Å²) in [5.74, 6) is -0.0853. The Morgan fingerprint density at radius 3 is 2.38 bits per heavy atom. The molecule has 0 atom stereocenters.